The van der Waals surface area contributed by atoms with Crippen LogP contribution in [-0.4, -0.2) is 52.9 Å². The van der Waals surface area contributed by atoms with E-state index in [0.717, 1.165) is 48.3 Å². The molecule has 7 heteroatoms. The molecule has 1 atom stereocenters. The van der Waals surface area contributed by atoms with Gasteiger partial charge in [-0.2, -0.15) is 4.52 Å². The molecule has 138 valence electrons. The molecule has 2 aromatic heterocycles. The molecule has 3 aromatic rings. The lowest BCUT2D eigenvalue weighted by atomic mass is 10.0. The van der Waals surface area contributed by atoms with E-state index in [1.165, 1.54) is 16.0 Å². The first-order chi connectivity index (χ1) is 12.6. The number of likely N-dealkylation sites (N-methyl/N-ethyl adjacent to an activating group) is 1. The summed E-state index contributed by atoms with van der Waals surface area (Å²) in [6.45, 7) is 8.65. The molecule has 1 aliphatic rings. The molecular formula is C19H27N5OS+2. The van der Waals surface area contributed by atoms with Crippen LogP contribution >= 0.6 is 11.3 Å². The number of nitrogens with zero attached hydrogens (tertiary/aromatic N) is 3. The second-order valence-electron chi connectivity index (χ2n) is 7.33. The zero-order valence-electron chi connectivity index (χ0n) is 15.6. The highest BCUT2D eigenvalue weighted by atomic mass is 32.1. The van der Waals surface area contributed by atoms with E-state index in [-0.39, 0.29) is 11.9 Å². The first-order valence-electron chi connectivity index (χ1n) is 9.36. The Morgan fingerprint density at radius 1 is 1.27 bits per heavy atom. The van der Waals surface area contributed by atoms with E-state index in [2.05, 4.69) is 48.3 Å². The molecule has 6 nitrogen and oxygen atoms in total. The van der Waals surface area contributed by atoms with Crippen molar-refractivity contribution in [1.29, 1.82) is 0 Å². The average Bonchev–Trinajstić information content (AvgIpc) is 3.17. The Hall–Kier alpha value is -1.96. The number of nitrogens with one attached hydrogen (secondary N) is 2. The van der Waals surface area contributed by atoms with Crippen LogP contribution in [0.15, 0.2) is 24.3 Å². The third-order valence-electron chi connectivity index (χ3n) is 5.35. The van der Waals surface area contributed by atoms with Crippen molar-refractivity contribution in [3.63, 3.8) is 0 Å². The van der Waals surface area contributed by atoms with Crippen LogP contribution in [0.4, 0.5) is 0 Å². The Morgan fingerprint density at radius 3 is 2.69 bits per heavy atom. The highest BCUT2D eigenvalue weighted by molar-refractivity contribution is 7.17. The third kappa shape index (κ3) is 3.11. The number of hydrogen-bond donors (Lipinski definition) is 3. The van der Waals surface area contributed by atoms with Gasteiger partial charge in [-0.15, -0.1) is 5.10 Å². The lowest BCUT2D eigenvalue weighted by Crippen LogP contribution is -3.27. The number of aromatic nitrogens is 3. The topological polar surface area (TPSA) is 59.3 Å². The van der Waals surface area contributed by atoms with Gasteiger partial charge in [0.2, 0.25) is 10.8 Å². The fourth-order valence-corrected chi connectivity index (χ4v) is 5.00. The van der Waals surface area contributed by atoms with Crippen molar-refractivity contribution in [2.75, 3.05) is 33.2 Å². The summed E-state index contributed by atoms with van der Waals surface area (Å²) in [7, 11) is 2.26. The molecule has 1 aliphatic heterocycles. The smallest absolute Gasteiger partial charge is 0.235 e. The summed E-state index contributed by atoms with van der Waals surface area (Å²) < 4.78 is 1.61. The number of hydrogen-bond acceptors (Lipinski definition) is 4. The van der Waals surface area contributed by atoms with Gasteiger partial charge in [-0.3, -0.25) is 0 Å². The van der Waals surface area contributed by atoms with Gasteiger partial charge in [0.15, 0.2) is 11.9 Å². The first kappa shape index (κ1) is 17.5. The summed E-state index contributed by atoms with van der Waals surface area (Å²) in [6.07, 6.45) is 0.775. The zero-order chi connectivity index (χ0) is 18.3. The molecule has 1 saturated heterocycles. The summed E-state index contributed by atoms with van der Waals surface area (Å²) in [4.78, 5) is 9.41. The van der Waals surface area contributed by atoms with E-state index in [1.807, 2.05) is 6.92 Å². The van der Waals surface area contributed by atoms with Gasteiger partial charge in [-0.1, -0.05) is 42.0 Å². The lowest BCUT2D eigenvalue weighted by molar-refractivity contribution is -1.02. The molecular weight excluding hydrogens is 346 g/mol. The number of fused-ring (bicyclic) bond motifs is 1. The van der Waals surface area contributed by atoms with Crippen LogP contribution in [0.2, 0.25) is 0 Å². The molecule has 1 fully saturated rings. The summed E-state index contributed by atoms with van der Waals surface area (Å²) >= 11 is 1.58. The largest absolute Gasteiger partial charge is 0.492 e. The number of quaternary nitrogens is 2. The third-order valence-corrected chi connectivity index (χ3v) is 6.44. The minimum Gasteiger partial charge on any atom is -0.492 e. The van der Waals surface area contributed by atoms with Crippen LogP contribution < -0.4 is 9.80 Å². The summed E-state index contributed by atoms with van der Waals surface area (Å²) in [5.41, 5.74) is 2.51. The highest BCUT2D eigenvalue weighted by Crippen LogP contribution is 2.35. The number of thiazole rings is 1. The summed E-state index contributed by atoms with van der Waals surface area (Å²) in [6, 6.07) is 8.79. The van der Waals surface area contributed by atoms with Crippen LogP contribution in [0.3, 0.4) is 0 Å². The molecule has 0 aliphatic carbocycles. The number of aromatic hydroxyl groups is 1. The second kappa shape index (κ2) is 6.98. The van der Waals surface area contributed by atoms with Crippen molar-refractivity contribution in [2.45, 2.75) is 26.3 Å². The van der Waals surface area contributed by atoms with Crippen molar-refractivity contribution in [3.8, 4) is 5.88 Å². The van der Waals surface area contributed by atoms with E-state index in [9.17, 15) is 5.11 Å². The normalized spacial score (nSPS) is 22.0. The van der Waals surface area contributed by atoms with Gasteiger partial charge in [0.25, 0.3) is 0 Å². The van der Waals surface area contributed by atoms with Gasteiger partial charge < -0.3 is 14.9 Å². The SMILES string of the molecule is CCc1nc2sc([C@H](c3cccc(C)c3)[NH+]3CC[NH+](C)CC3)c(O)n2n1. The molecule has 26 heavy (non-hydrogen) atoms. The Kier molecular flexibility index (Phi) is 4.69. The van der Waals surface area contributed by atoms with Crippen molar-refractivity contribution in [2.24, 2.45) is 0 Å². The lowest BCUT2D eigenvalue weighted by Gasteiger charge is -2.33. The van der Waals surface area contributed by atoms with E-state index >= 15 is 0 Å². The fraction of sp³-hybridized carbons (Fsp3) is 0.474. The Labute approximate surface area is 157 Å². The van der Waals surface area contributed by atoms with Gasteiger partial charge in [-0.25, -0.2) is 4.98 Å². The molecule has 1 aromatic carbocycles. The van der Waals surface area contributed by atoms with Gasteiger partial charge in [0.1, 0.15) is 31.1 Å². The van der Waals surface area contributed by atoms with Gasteiger partial charge in [-0.05, 0) is 13.0 Å². The fourth-order valence-electron chi connectivity index (χ4n) is 3.84. The molecule has 4 rings (SSSR count). The average molecular weight is 374 g/mol. The van der Waals surface area contributed by atoms with Crippen LogP contribution in [0.1, 0.15) is 34.8 Å². The maximum Gasteiger partial charge on any atom is 0.235 e. The molecule has 3 N–H and O–H groups in total. The van der Waals surface area contributed by atoms with E-state index in [0.29, 0.717) is 0 Å². The van der Waals surface area contributed by atoms with Gasteiger partial charge >= 0.3 is 0 Å². The van der Waals surface area contributed by atoms with Crippen molar-refractivity contribution < 1.29 is 14.9 Å². The number of aryl methyl sites for hydroxylation is 2. The molecule has 0 amide bonds. The monoisotopic (exact) mass is 373 g/mol. The highest BCUT2D eigenvalue weighted by Gasteiger charge is 2.35. The minimum atomic E-state index is 0.126. The molecule has 0 bridgehead atoms. The predicted octanol–water partition coefficient (Wildman–Crippen LogP) is -0.130. The number of piperazine rings is 1. The molecule has 0 radical (unpaired) electrons. The quantitative estimate of drug-likeness (QED) is 0.597. The van der Waals surface area contributed by atoms with E-state index < -0.39 is 0 Å². The molecule has 3 heterocycles. The van der Waals surface area contributed by atoms with E-state index in [1.54, 1.807) is 20.8 Å². The van der Waals surface area contributed by atoms with Gasteiger partial charge in [0, 0.05) is 12.0 Å². The van der Waals surface area contributed by atoms with Crippen LogP contribution in [0.5, 0.6) is 5.88 Å². The maximum atomic E-state index is 10.9. The standard InChI is InChI=1S/C19H25N5OS/c1-4-15-20-19-24(21-15)18(25)17(26-19)16(14-7-5-6-13(2)12-14)23-10-8-22(3)9-11-23/h5-7,12,16,25H,4,8-11H2,1-3H3/p+2/t16-/m0/s1. The van der Waals surface area contributed by atoms with Crippen LogP contribution in [-0.2, 0) is 6.42 Å². The van der Waals surface area contributed by atoms with Crippen molar-refractivity contribution in [3.05, 3.63) is 46.1 Å². The number of rotatable bonds is 4. The molecule has 0 unspecified atom stereocenters. The molecule has 0 spiro atoms. The number of benzene rings is 1. The first-order valence-corrected chi connectivity index (χ1v) is 10.2. The predicted molar refractivity (Wildman–Crippen MR) is 102 cm³/mol. The van der Waals surface area contributed by atoms with Crippen molar-refractivity contribution >= 4 is 16.3 Å². The Bertz CT molecular complexity index is 910. The van der Waals surface area contributed by atoms with Gasteiger partial charge in [0.05, 0.1) is 7.05 Å². The van der Waals surface area contributed by atoms with E-state index in [4.69, 9.17) is 0 Å². The summed E-state index contributed by atoms with van der Waals surface area (Å²) in [5.74, 6) is 1.03. The Balaban J connectivity index is 1.79. The van der Waals surface area contributed by atoms with Crippen molar-refractivity contribution in [1.82, 2.24) is 14.6 Å². The van der Waals surface area contributed by atoms with Crippen LogP contribution in [0, 0.1) is 6.92 Å². The Morgan fingerprint density at radius 2 is 2.04 bits per heavy atom. The van der Waals surface area contributed by atoms with Crippen LogP contribution in [0.25, 0.3) is 4.96 Å². The zero-order valence-corrected chi connectivity index (χ0v) is 16.4. The minimum absolute atomic E-state index is 0.126. The second-order valence-corrected chi connectivity index (χ2v) is 8.34. The summed E-state index contributed by atoms with van der Waals surface area (Å²) in [5, 5.41) is 15.4. The molecule has 0 saturated carbocycles. The maximum absolute atomic E-state index is 10.9.